The fraction of sp³-hybridized carbons (Fsp3) is 0.333. The summed E-state index contributed by atoms with van der Waals surface area (Å²) in [6, 6.07) is 0. The number of hydrogen-bond donors (Lipinski definition) is 0. The lowest BCUT2D eigenvalue weighted by atomic mass is 10.7. The molecule has 0 bridgehead atoms. The molecule has 0 saturated carbocycles. The highest BCUT2D eigenvalue weighted by molar-refractivity contribution is 6.36. The van der Waals surface area contributed by atoms with Gasteiger partial charge in [0.05, 0.1) is 5.03 Å². The zero-order valence-corrected chi connectivity index (χ0v) is 4.68. The van der Waals surface area contributed by atoms with Gasteiger partial charge in [-0.3, -0.25) is 0 Å². The Labute approximate surface area is 49.7 Å². The molecule has 42 valence electrons. The van der Waals surface area contributed by atoms with Crippen LogP contribution in [0.4, 0.5) is 8.78 Å². The number of alkyl halides is 2. The van der Waals surface area contributed by atoms with E-state index in [-0.39, 0.29) is 6.33 Å². The molecule has 0 aliphatic rings. The summed E-state index contributed by atoms with van der Waals surface area (Å²) >= 11 is 9.40. The van der Waals surface area contributed by atoms with Crippen molar-refractivity contribution in [2.24, 2.45) is 0 Å². The molecule has 0 aliphatic heterocycles. The first kappa shape index (κ1) is 7.18. The Morgan fingerprint density at radius 2 is 2.14 bits per heavy atom. The fourth-order valence-corrected chi connectivity index (χ4v) is 0.0952. The zero-order chi connectivity index (χ0) is 5.86. The molecular weight excluding hydrogens is 145 g/mol. The van der Waals surface area contributed by atoms with Crippen LogP contribution in [0, 0.1) is 0 Å². The first-order valence-electron chi connectivity index (χ1n) is 1.42. The molecule has 0 heterocycles. The number of allylic oxidation sites excluding steroid dienone is 1. The number of halogens is 4. The highest BCUT2D eigenvalue weighted by Gasteiger charge is 2.03. The van der Waals surface area contributed by atoms with E-state index in [1.807, 2.05) is 0 Å². The molecule has 1 unspecified atom stereocenters. The van der Waals surface area contributed by atoms with Gasteiger partial charge in [0, 0.05) is 0 Å². The molecule has 1 atom stereocenters. The molecule has 0 nitrogen and oxygen atoms in total. The van der Waals surface area contributed by atoms with Gasteiger partial charge < -0.3 is 0 Å². The van der Waals surface area contributed by atoms with E-state index in [1.165, 1.54) is 0 Å². The summed E-state index contributed by atoms with van der Waals surface area (Å²) in [6.45, 7) is 0. The van der Waals surface area contributed by atoms with Gasteiger partial charge in [0.1, 0.15) is 6.33 Å². The monoisotopic (exact) mass is 146 g/mol. The average molecular weight is 147 g/mol. The van der Waals surface area contributed by atoms with E-state index in [0.717, 1.165) is 0 Å². The van der Waals surface area contributed by atoms with Crippen molar-refractivity contribution in [2.75, 3.05) is 0 Å². The molecule has 0 spiro atoms. The van der Waals surface area contributed by atoms with Crippen LogP contribution in [-0.2, 0) is 0 Å². The molecule has 0 aromatic heterocycles. The van der Waals surface area contributed by atoms with Crippen LogP contribution >= 0.6 is 23.2 Å². The van der Waals surface area contributed by atoms with Crippen LogP contribution in [0.2, 0.25) is 0 Å². The minimum absolute atomic E-state index is 0.0841. The van der Waals surface area contributed by atoms with E-state index < -0.39 is 10.7 Å². The van der Waals surface area contributed by atoms with Crippen molar-refractivity contribution in [1.29, 1.82) is 0 Å². The molecule has 0 aromatic rings. The van der Waals surface area contributed by atoms with Crippen molar-refractivity contribution in [1.82, 2.24) is 0 Å². The maximum absolute atomic E-state index is 11.4. The summed E-state index contributed by atoms with van der Waals surface area (Å²) in [5.74, 6) is 0. The Hall–Kier alpha value is 0.180. The Bertz CT molecular complexity index is 79.0. The maximum Gasteiger partial charge on any atom is 0.211 e. The van der Waals surface area contributed by atoms with E-state index in [4.69, 9.17) is 11.6 Å². The first-order chi connectivity index (χ1) is 3.18. The molecule has 4 heteroatoms. The molecule has 0 rings (SSSR count). The van der Waals surface area contributed by atoms with E-state index in [2.05, 4.69) is 11.6 Å². The van der Waals surface area contributed by atoms with E-state index >= 15 is 0 Å². The summed E-state index contributed by atoms with van der Waals surface area (Å²) in [6.07, 6.45) is -0.0841. The Morgan fingerprint density at radius 3 is 2.14 bits per heavy atom. The third-order valence-electron chi connectivity index (χ3n) is 0.313. The van der Waals surface area contributed by atoms with Crippen molar-refractivity contribution in [3.05, 3.63) is 11.4 Å². The quantitative estimate of drug-likeness (QED) is 0.500. The normalized spacial score (nSPS) is 16.9. The van der Waals surface area contributed by atoms with E-state index in [9.17, 15) is 8.78 Å². The highest BCUT2D eigenvalue weighted by atomic mass is 35.5. The van der Waals surface area contributed by atoms with Crippen molar-refractivity contribution >= 4 is 23.2 Å². The van der Waals surface area contributed by atoms with Crippen molar-refractivity contribution in [2.45, 2.75) is 5.63 Å². The van der Waals surface area contributed by atoms with E-state index in [1.54, 1.807) is 0 Å². The highest BCUT2D eigenvalue weighted by Crippen LogP contribution is 2.14. The Morgan fingerprint density at radius 1 is 1.71 bits per heavy atom. The number of rotatable bonds is 1. The van der Waals surface area contributed by atoms with Gasteiger partial charge in [0.2, 0.25) is 5.63 Å². The molecule has 0 amide bonds. The van der Waals surface area contributed by atoms with Gasteiger partial charge in [0.25, 0.3) is 0 Å². The Balaban J connectivity index is 3.56. The average Bonchev–Trinajstić information content (AvgIpc) is 1.65. The minimum Gasteiger partial charge on any atom is -0.224 e. The summed E-state index contributed by atoms with van der Waals surface area (Å²) in [7, 11) is 0. The van der Waals surface area contributed by atoms with Crippen LogP contribution in [0.25, 0.3) is 0 Å². The molecule has 0 aromatic carbocycles. The molecule has 0 N–H and O–H groups in total. The second-order valence-electron chi connectivity index (χ2n) is 0.795. The fourth-order valence-electron chi connectivity index (χ4n) is 0.0476. The summed E-state index contributed by atoms with van der Waals surface area (Å²) in [5.41, 5.74) is -1.91. The van der Waals surface area contributed by atoms with Crippen LogP contribution in [0.1, 0.15) is 0 Å². The van der Waals surface area contributed by atoms with E-state index in [0.29, 0.717) is 0 Å². The lowest BCUT2D eigenvalue weighted by Gasteiger charge is -1.88. The summed E-state index contributed by atoms with van der Waals surface area (Å²) < 4.78 is 22.4. The molecule has 0 fully saturated rings. The first-order valence-corrected chi connectivity index (χ1v) is 2.24. The Kier molecular flexibility index (Phi) is 3.30. The summed E-state index contributed by atoms with van der Waals surface area (Å²) in [4.78, 5) is 0. The molecular formula is C3H2Cl2F2. The summed E-state index contributed by atoms with van der Waals surface area (Å²) in [5, 5.41) is -0.623. The second-order valence-corrected chi connectivity index (χ2v) is 1.61. The van der Waals surface area contributed by atoms with Gasteiger partial charge in [-0.2, -0.15) is 0 Å². The zero-order valence-electron chi connectivity index (χ0n) is 3.17. The van der Waals surface area contributed by atoms with Crippen LogP contribution < -0.4 is 0 Å². The van der Waals surface area contributed by atoms with Gasteiger partial charge in [-0.05, 0) is 0 Å². The second kappa shape index (κ2) is 3.22. The molecule has 0 saturated heterocycles. The minimum atomic E-state index is -1.91. The maximum atomic E-state index is 11.4. The van der Waals surface area contributed by atoms with Gasteiger partial charge in [0.15, 0.2) is 0 Å². The predicted molar refractivity (Wildman–Crippen MR) is 25.8 cm³/mol. The molecule has 7 heavy (non-hydrogen) atoms. The van der Waals surface area contributed by atoms with Crippen LogP contribution in [0.15, 0.2) is 11.4 Å². The third kappa shape index (κ3) is 2.83. The topological polar surface area (TPSA) is 0 Å². The van der Waals surface area contributed by atoms with Crippen molar-refractivity contribution in [3.63, 3.8) is 0 Å². The van der Waals surface area contributed by atoms with Crippen molar-refractivity contribution < 1.29 is 8.78 Å². The third-order valence-corrected chi connectivity index (χ3v) is 0.934. The van der Waals surface area contributed by atoms with Gasteiger partial charge in [-0.1, -0.05) is 23.2 Å². The largest absolute Gasteiger partial charge is 0.224 e. The molecule has 0 radical (unpaired) electrons. The smallest absolute Gasteiger partial charge is 0.211 e. The van der Waals surface area contributed by atoms with Crippen LogP contribution in [0.5, 0.6) is 0 Å². The lowest BCUT2D eigenvalue weighted by molar-refractivity contribution is 0.499. The SMILES string of the molecule is F/C=C(\Cl)C(F)Cl. The predicted octanol–water partition coefficient (Wildman–Crippen LogP) is 2.57. The van der Waals surface area contributed by atoms with Crippen molar-refractivity contribution in [3.8, 4) is 0 Å². The number of hydrogen-bond acceptors (Lipinski definition) is 0. The van der Waals surface area contributed by atoms with Crippen LogP contribution in [0.3, 0.4) is 0 Å². The standard InChI is InChI=1S/C3H2Cl2F2/c4-2(1-6)3(5)7/h1,3H/b2-1-. The molecule has 0 aliphatic carbocycles. The van der Waals surface area contributed by atoms with Gasteiger partial charge in [-0.25, -0.2) is 8.78 Å². The van der Waals surface area contributed by atoms with Crippen LogP contribution in [-0.4, -0.2) is 5.63 Å². The van der Waals surface area contributed by atoms with Gasteiger partial charge in [-0.15, -0.1) is 0 Å². The van der Waals surface area contributed by atoms with Gasteiger partial charge >= 0.3 is 0 Å². The lowest BCUT2D eigenvalue weighted by Crippen LogP contribution is -1.83.